The van der Waals surface area contributed by atoms with Gasteiger partial charge in [-0.1, -0.05) is 60.7 Å². The Morgan fingerprint density at radius 1 is 0.818 bits per heavy atom. The van der Waals surface area contributed by atoms with E-state index in [1.165, 1.54) is 23.8 Å². The SMILES string of the molecule is COc1cccc(C(=O)NS(=O)(=O)c2ccccc2C)c1Cc1cn(C(=O)N(c2ccccc2)c2ccccc2)c2ccc(NC(=O)OC3CCCC3)cc12. The molecule has 0 radical (unpaired) electrons. The summed E-state index contributed by atoms with van der Waals surface area (Å²) >= 11 is 0. The number of methoxy groups -OCH3 is 1. The van der Waals surface area contributed by atoms with Crippen molar-refractivity contribution in [2.24, 2.45) is 0 Å². The van der Waals surface area contributed by atoms with Gasteiger partial charge in [-0.15, -0.1) is 0 Å². The molecule has 0 bridgehead atoms. The summed E-state index contributed by atoms with van der Waals surface area (Å²) in [6, 6.07) is 34.6. The smallest absolute Gasteiger partial charge is 0.411 e. The van der Waals surface area contributed by atoms with E-state index in [0.717, 1.165) is 25.7 Å². The topological polar surface area (TPSA) is 136 Å². The van der Waals surface area contributed by atoms with E-state index in [4.69, 9.17) is 9.47 Å². The molecule has 1 aliphatic rings. The van der Waals surface area contributed by atoms with Crippen molar-refractivity contribution in [3.63, 3.8) is 0 Å². The molecule has 0 saturated heterocycles. The summed E-state index contributed by atoms with van der Waals surface area (Å²) < 4.78 is 41.9. The number of nitrogens with one attached hydrogen (secondary N) is 2. The van der Waals surface area contributed by atoms with Crippen LogP contribution in [0.4, 0.5) is 26.7 Å². The molecule has 3 amide bonds. The maximum Gasteiger partial charge on any atom is 0.411 e. The first kappa shape index (κ1) is 36.9. The average Bonchev–Trinajstić information content (AvgIpc) is 3.83. The minimum atomic E-state index is -4.22. The molecule has 1 saturated carbocycles. The summed E-state index contributed by atoms with van der Waals surface area (Å²) in [5.41, 5.74) is 3.86. The fraction of sp³-hybridized carbons (Fsp3) is 0.186. The fourth-order valence-electron chi connectivity index (χ4n) is 7.04. The minimum Gasteiger partial charge on any atom is -0.496 e. The van der Waals surface area contributed by atoms with E-state index in [0.29, 0.717) is 50.4 Å². The summed E-state index contributed by atoms with van der Waals surface area (Å²) in [5.74, 6) is -0.494. The summed E-state index contributed by atoms with van der Waals surface area (Å²) in [4.78, 5) is 43.1. The Morgan fingerprint density at radius 3 is 2.13 bits per heavy atom. The van der Waals surface area contributed by atoms with Crippen molar-refractivity contribution in [3.8, 4) is 5.75 Å². The van der Waals surface area contributed by atoms with Crippen molar-refractivity contribution in [3.05, 3.63) is 150 Å². The van der Waals surface area contributed by atoms with E-state index < -0.39 is 22.0 Å². The van der Waals surface area contributed by atoms with Crippen LogP contribution in [0.25, 0.3) is 10.9 Å². The van der Waals surface area contributed by atoms with Crippen LogP contribution in [-0.4, -0.2) is 44.2 Å². The van der Waals surface area contributed by atoms with E-state index in [2.05, 4.69) is 10.0 Å². The minimum absolute atomic E-state index is 0.0118. The Morgan fingerprint density at radius 2 is 1.47 bits per heavy atom. The molecule has 11 nitrogen and oxygen atoms in total. The Labute approximate surface area is 319 Å². The summed E-state index contributed by atoms with van der Waals surface area (Å²) in [5, 5.41) is 3.45. The summed E-state index contributed by atoms with van der Waals surface area (Å²) in [7, 11) is -2.76. The van der Waals surface area contributed by atoms with Gasteiger partial charge in [0.2, 0.25) is 0 Å². The number of aromatic nitrogens is 1. The first-order chi connectivity index (χ1) is 26.6. The van der Waals surface area contributed by atoms with Gasteiger partial charge in [0.05, 0.1) is 28.9 Å². The number of hydrogen-bond donors (Lipinski definition) is 2. The number of sulfonamides is 1. The number of para-hydroxylation sites is 2. The quantitative estimate of drug-likeness (QED) is 0.142. The van der Waals surface area contributed by atoms with Crippen molar-refractivity contribution >= 4 is 56.0 Å². The van der Waals surface area contributed by atoms with E-state index in [1.54, 1.807) is 66.6 Å². The monoisotopic (exact) mass is 756 g/mol. The van der Waals surface area contributed by atoms with Gasteiger partial charge >= 0.3 is 12.1 Å². The number of benzene rings is 5. The highest BCUT2D eigenvalue weighted by atomic mass is 32.2. The van der Waals surface area contributed by atoms with Gasteiger partial charge in [-0.3, -0.25) is 19.6 Å². The Hall–Kier alpha value is -6.40. The highest BCUT2D eigenvalue weighted by Crippen LogP contribution is 2.34. The molecule has 0 atom stereocenters. The standard InChI is InChI=1S/C43H40N4O7S/c1-29-14-9-12-23-40(29)55(51,52)45-41(48)35-21-13-22-39(53-2)37(35)26-30-28-46(43(50)47(32-15-5-3-6-16-32)33-17-7-4-8-18-33)38-25-24-31(27-36(30)38)44-42(49)54-34-19-10-11-20-34/h3-9,12-18,21-25,27-28,34H,10-11,19-20,26H2,1-2H3,(H,44,49)(H,45,48). The predicted octanol–water partition coefficient (Wildman–Crippen LogP) is 8.97. The Bertz CT molecular complexity index is 2440. The first-order valence-corrected chi connectivity index (χ1v) is 19.5. The molecule has 1 aromatic heterocycles. The molecule has 2 N–H and O–H groups in total. The van der Waals surface area contributed by atoms with Crippen LogP contribution in [0, 0.1) is 6.92 Å². The van der Waals surface area contributed by atoms with Crippen LogP contribution in [0.2, 0.25) is 0 Å². The number of ether oxygens (including phenoxy) is 2. The van der Waals surface area contributed by atoms with Gasteiger partial charge in [0.1, 0.15) is 11.9 Å². The Balaban J connectivity index is 1.31. The first-order valence-electron chi connectivity index (χ1n) is 18.0. The van der Waals surface area contributed by atoms with Crippen molar-refractivity contribution < 1.29 is 32.3 Å². The number of aryl methyl sites for hydroxylation is 1. The van der Waals surface area contributed by atoms with E-state index >= 15 is 0 Å². The number of amides is 3. The molecule has 1 heterocycles. The lowest BCUT2D eigenvalue weighted by atomic mass is 9.97. The molecule has 280 valence electrons. The number of carbonyl (C=O) groups is 3. The van der Waals surface area contributed by atoms with E-state index in [9.17, 15) is 22.8 Å². The van der Waals surface area contributed by atoms with Gasteiger partial charge in [0.25, 0.3) is 15.9 Å². The molecule has 5 aromatic carbocycles. The number of hydrogen-bond acceptors (Lipinski definition) is 7. The van der Waals surface area contributed by atoms with Gasteiger partial charge in [-0.05, 0) is 104 Å². The third-order valence-electron chi connectivity index (χ3n) is 9.71. The van der Waals surface area contributed by atoms with Crippen LogP contribution < -0.4 is 19.7 Å². The predicted molar refractivity (Wildman–Crippen MR) is 212 cm³/mol. The molecule has 0 aliphatic heterocycles. The highest BCUT2D eigenvalue weighted by molar-refractivity contribution is 7.90. The third-order valence-corrected chi connectivity index (χ3v) is 11.2. The van der Waals surface area contributed by atoms with Crippen molar-refractivity contribution in [2.45, 2.75) is 50.0 Å². The normalized spacial score (nSPS) is 13.0. The van der Waals surface area contributed by atoms with E-state index in [1.807, 2.05) is 60.7 Å². The summed E-state index contributed by atoms with van der Waals surface area (Å²) in [6.07, 6.45) is 4.72. The van der Waals surface area contributed by atoms with Crippen LogP contribution in [0.3, 0.4) is 0 Å². The lowest BCUT2D eigenvalue weighted by molar-refractivity contribution is 0.0979. The van der Waals surface area contributed by atoms with Gasteiger partial charge in [-0.25, -0.2) is 22.7 Å². The molecular formula is C43H40N4O7S. The van der Waals surface area contributed by atoms with Gasteiger partial charge in [0.15, 0.2) is 0 Å². The number of carbonyl (C=O) groups excluding carboxylic acids is 3. The number of anilines is 3. The number of nitrogens with zero attached hydrogens (tertiary/aromatic N) is 2. The van der Waals surface area contributed by atoms with Gasteiger partial charge in [-0.2, -0.15) is 0 Å². The summed E-state index contributed by atoms with van der Waals surface area (Å²) in [6.45, 7) is 1.65. The van der Waals surface area contributed by atoms with Crippen molar-refractivity contribution in [1.82, 2.24) is 9.29 Å². The number of rotatable bonds is 10. The maximum absolute atomic E-state index is 14.7. The molecule has 6 aromatic rings. The molecule has 1 fully saturated rings. The van der Waals surface area contributed by atoms with Crippen LogP contribution >= 0.6 is 0 Å². The van der Waals surface area contributed by atoms with Gasteiger partial charge < -0.3 is 9.47 Å². The Kier molecular flexibility index (Phi) is 10.7. The lowest BCUT2D eigenvalue weighted by Gasteiger charge is -2.23. The van der Waals surface area contributed by atoms with Crippen LogP contribution in [0.1, 0.15) is 52.7 Å². The van der Waals surface area contributed by atoms with Crippen LogP contribution in [-0.2, 0) is 21.2 Å². The molecule has 55 heavy (non-hydrogen) atoms. The molecule has 0 unspecified atom stereocenters. The maximum atomic E-state index is 14.7. The van der Waals surface area contributed by atoms with E-state index in [-0.39, 0.29) is 29.0 Å². The second-order valence-electron chi connectivity index (χ2n) is 13.3. The molecule has 0 spiro atoms. The van der Waals surface area contributed by atoms with Crippen molar-refractivity contribution in [1.29, 1.82) is 0 Å². The average molecular weight is 757 g/mol. The van der Waals surface area contributed by atoms with Crippen LogP contribution in [0.5, 0.6) is 5.75 Å². The molecule has 12 heteroatoms. The fourth-order valence-corrected chi connectivity index (χ4v) is 8.26. The zero-order valence-corrected chi connectivity index (χ0v) is 31.2. The second-order valence-corrected chi connectivity index (χ2v) is 15.0. The third kappa shape index (κ3) is 7.95. The molecule has 1 aliphatic carbocycles. The zero-order valence-electron chi connectivity index (χ0n) is 30.4. The van der Waals surface area contributed by atoms with Gasteiger partial charge in [0, 0.05) is 34.8 Å². The van der Waals surface area contributed by atoms with Crippen LogP contribution in [0.15, 0.2) is 132 Å². The van der Waals surface area contributed by atoms with Crippen molar-refractivity contribution in [2.75, 3.05) is 17.3 Å². The number of fused-ring (bicyclic) bond motifs is 1. The molecular weight excluding hydrogens is 717 g/mol. The highest BCUT2D eigenvalue weighted by Gasteiger charge is 2.27. The molecule has 7 rings (SSSR count). The lowest BCUT2D eigenvalue weighted by Crippen LogP contribution is -2.31. The zero-order chi connectivity index (χ0) is 38.5. The largest absolute Gasteiger partial charge is 0.496 e. The second kappa shape index (κ2) is 15.9.